The molecule has 15 heavy (non-hydrogen) atoms. The van der Waals surface area contributed by atoms with Crippen LogP contribution in [0.1, 0.15) is 39.5 Å². The number of carbonyl (C=O) groups excluding carboxylic acids is 1. The van der Waals surface area contributed by atoms with Crippen LogP contribution in [0.4, 0.5) is 0 Å². The average molecular weight is 212 g/mol. The predicted molar refractivity (Wildman–Crippen MR) is 58.6 cm³/mol. The molecule has 0 unspecified atom stereocenters. The van der Waals surface area contributed by atoms with Gasteiger partial charge < -0.3 is 9.47 Å². The number of hydrogen-bond donors (Lipinski definition) is 0. The molecule has 1 rings (SSSR count). The second-order valence-electron chi connectivity index (χ2n) is 3.92. The van der Waals surface area contributed by atoms with Gasteiger partial charge in [-0.3, -0.25) is 0 Å². The van der Waals surface area contributed by atoms with E-state index in [9.17, 15) is 4.79 Å². The molecule has 2 atom stereocenters. The fraction of sp³-hybridized carbons (Fsp3) is 0.750. The van der Waals surface area contributed by atoms with Gasteiger partial charge in [-0.25, -0.2) is 4.79 Å². The van der Waals surface area contributed by atoms with Crippen molar-refractivity contribution < 1.29 is 14.3 Å². The molecule has 0 aliphatic carbocycles. The van der Waals surface area contributed by atoms with Gasteiger partial charge in [-0.05, 0) is 19.8 Å². The minimum atomic E-state index is -0.217. The van der Waals surface area contributed by atoms with E-state index in [1.807, 2.05) is 13.0 Å². The summed E-state index contributed by atoms with van der Waals surface area (Å²) in [6, 6.07) is 0. The van der Waals surface area contributed by atoms with Crippen molar-refractivity contribution in [3.63, 3.8) is 0 Å². The third-order valence-electron chi connectivity index (χ3n) is 2.69. The van der Waals surface area contributed by atoms with Gasteiger partial charge in [0.2, 0.25) is 0 Å². The summed E-state index contributed by atoms with van der Waals surface area (Å²) >= 11 is 0. The van der Waals surface area contributed by atoms with Gasteiger partial charge in [0.05, 0.1) is 5.57 Å². The van der Waals surface area contributed by atoms with Crippen molar-refractivity contribution in [1.82, 2.24) is 0 Å². The van der Waals surface area contributed by atoms with Crippen molar-refractivity contribution in [3.05, 3.63) is 11.6 Å². The monoisotopic (exact) mass is 212 g/mol. The van der Waals surface area contributed by atoms with E-state index in [4.69, 9.17) is 9.47 Å². The van der Waals surface area contributed by atoms with Crippen LogP contribution in [0, 0.1) is 0 Å². The fourth-order valence-electron chi connectivity index (χ4n) is 1.84. The molecule has 86 valence electrons. The van der Waals surface area contributed by atoms with E-state index in [0.717, 1.165) is 12.8 Å². The van der Waals surface area contributed by atoms with Crippen LogP contribution in [0.5, 0.6) is 0 Å². The first-order chi connectivity index (χ1) is 7.20. The third-order valence-corrected chi connectivity index (χ3v) is 2.69. The largest absolute Gasteiger partial charge is 0.456 e. The molecule has 3 nitrogen and oxygen atoms in total. The summed E-state index contributed by atoms with van der Waals surface area (Å²) in [5.41, 5.74) is 0.695. The zero-order valence-corrected chi connectivity index (χ0v) is 9.79. The number of ether oxygens (including phenoxy) is 2. The quantitative estimate of drug-likeness (QED) is 0.399. The van der Waals surface area contributed by atoms with Crippen molar-refractivity contribution in [2.45, 2.75) is 51.7 Å². The fourth-order valence-corrected chi connectivity index (χ4v) is 1.84. The Morgan fingerprint density at radius 3 is 2.80 bits per heavy atom. The maximum absolute atomic E-state index is 11.4. The standard InChI is InChI=1S/C12H20O3/c1-4-5-6-7-8-10-11(14-3)9(2)15-12(10)13/h8-9,11H,4-7H2,1-3H3/b10-8-/t9-,11+/m0/s1. The van der Waals surface area contributed by atoms with Crippen molar-refractivity contribution in [3.8, 4) is 0 Å². The Labute approximate surface area is 91.4 Å². The molecule has 0 aromatic carbocycles. The molecule has 1 aliphatic heterocycles. The molecule has 1 aliphatic rings. The number of carbonyl (C=O) groups is 1. The number of allylic oxidation sites excluding steroid dienone is 1. The zero-order chi connectivity index (χ0) is 11.3. The summed E-state index contributed by atoms with van der Waals surface area (Å²) in [4.78, 5) is 11.4. The second kappa shape index (κ2) is 5.91. The highest BCUT2D eigenvalue weighted by molar-refractivity contribution is 5.92. The van der Waals surface area contributed by atoms with Crippen LogP contribution >= 0.6 is 0 Å². The van der Waals surface area contributed by atoms with Gasteiger partial charge in [0.25, 0.3) is 0 Å². The van der Waals surface area contributed by atoms with Gasteiger partial charge in [0.15, 0.2) is 0 Å². The molecule has 0 aromatic rings. The van der Waals surface area contributed by atoms with Crippen LogP contribution in [0.15, 0.2) is 11.6 Å². The summed E-state index contributed by atoms with van der Waals surface area (Å²) in [5.74, 6) is -0.217. The number of rotatable bonds is 5. The molecule has 0 N–H and O–H groups in total. The Balaban J connectivity index is 2.53. The molecule has 0 radical (unpaired) electrons. The molecule has 0 spiro atoms. The summed E-state index contributed by atoms with van der Waals surface area (Å²) in [6.07, 6.45) is 6.08. The number of hydrogen-bond acceptors (Lipinski definition) is 3. The Morgan fingerprint density at radius 2 is 2.20 bits per heavy atom. The number of cyclic esters (lactones) is 1. The van der Waals surface area contributed by atoms with Crippen LogP contribution in [-0.2, 0) is 14.3 Å². The average Bonchev–Trinajstić information content (AvgIpc) is 2.48. The van der Waals surface area contributed by atoms with E-state index >= 15 is 0 Å². The molecule has 3 heteroatoms. The maximum Gasteiger partial charge on any atom is 0.336 e. The molecule has 1 fully saturated rings. The van der Waals surface area contributed by atoms with Crippen LogP contribution in [-0.4, -0.2) is 25.3 Å². The Bertz CT molecular complexity index is 245. The van der Waals surface area contributed by atoms with Crippen LogP contribution in [0.3, 0.4) is 0 Å². The molecule has 1 saturated heterocycles. The highest BCUT2D eigenvalue weighted by Crippen LogP contribution is 2.24. The van der Waals surface area contributed by atoms with Crippen molar-refractivity contribution in [2.24, 2.45) is 0 Å². The summed E-state index contributed by atoms with van der Waals surface area (Å²) in [7, 11) is 1.61. The van der Waals surface area contributed by atoms with Gasteiger partial charge in [0, 0.05) is 7.11 Å². The summed E-state index contributed by atoms with van der Waals surface area (Å²) < 4.78 is 10.4. The minimum Gasteiger partial charge on any atom is -0.456 e. The molecular weight excluding hydrogens is 192 g/mol. The van der Waals surface area contributed by atoms with E-state index in [-0.39, 0.29) is 18.2 Å². The first-order valence-corrected chi connectivity index (χ1v) is 5.64. The van der Waals surface area contributed by atoms with Crippen LogP contribution in [0.2, 0.25) is 0 Å². The maximum atomic E-state index is 11.4. The number of unbranched alkanes of at least 4 members (excludes halogenated alkanes) is 3. The second-order valence-corrected chi connectivity index (χ2v) is 3.92. The number of methoxy groups -OCH3 is 1. The Kier molecular flexibility index (Phi) is 4.82. The SMILES string of the molecule is CCCCC/C=C1\C(=O)O[C@@H](C)[C@H]1OC. The van der Waals surface area contributed by atoms with Crippen LogP contribution in [0.25, 0.3) is 0 Å². The van der Waals surface area contributed by atoms with Gasteiger partial charge in [-0.15, -0.1) is 0 Å². The smallest absolute Gasteiger partial charge is 0.336 e. The summed E-state index contributed by atoms with van der Waals surface area (Å²) in [5, 5.41) is 0. The lowest BCUT2D eigenvalue weighted by Gasteiger charge is -2.10. The Hall–Kier alpha value is -0.830. The lowest BCUT2D eigenvalue weighted by molar-refractivity contribution is -0.139. The van der Waals surface area contributed by atoms with E-state index in [0.29, 0.717) is 5.57 Å². The van der Waals surface area contributed by atoms with E-state index in [1.165, 1.54) is 12.8 Å². The lowest BCUT2D eigenvalue weighted by Crippen LogP contribution is -2.20. The van der Waals surface area contributed by atoms with Crippen LogP contribution < -0.4 is 0 Å². The first-order valence-electron chi connectivity index (χ1n) is 5.64. The van der Waals surface area contributed by atoms with Gasteiger partial charge in [-0.2, -0.15) is 0 Å². The van der Waals surface area contributed by atoms with E-state index in [1.54, 1.807) is 7.11 Å². The molecule has 0 saturated carbocycles. The van der Waals surface area contributed by atoms with E-state index in [2.05, 4.69) is 6.92 Å². The molecule has 0 amide bonds. The van der Waals surface area contributed by atoms with Crippen molar-refractivity contribution >= 4 is 5.97 Å². The number of esters is 1. The van der Waals surface area contributed by atoms with Crippen molar-refractivity contribution in [2.75, 3.05) is 7.11 Å². The normalized spacial score (nSPS) is 28.5. The van der Waals surface area contributed by atoms with Gasteiger partial charge in [-0.1, -0.05) is 25.8 Å². The molecule has 0 bridgehead atoms. The Morgan fingerprint density at radius 1 is 1.47 bits per heavy atom. The highest BCUT2D eigenvalue weighted by atomic mass is 16.6. The van der Waals surface area contributed by atoms with Gasteiger partial charge >= 0.3 is 5.97 Å². The molecular formula is C12H20O3. The first kappa shape index (κ1) is 12.2. The predicted octanol–water partition coefficient (Wildman–Crippen LogP) is 2.45. The molecule has 0 aromatic heterocycles. The summed E-state index contributed by atoms with van der Waals surface area (Å²) in [6.45, 7) is 4.02. The highest BCUT2D eigenvalue weighted by Gasteiger charge is 2.36. The van der Waals surface area contributed by atoms with E-state index < -0.39 is 0 Å². The van der Waals surface area contributed by atoms with Gasteiger partial charge in [0.1, 0.15) is 12.2 Å². The lowest BCUT2D eigenvalue weighted by atomic mass is 10.1. The van der Waals surface area contributed by atoms with Crippen molar-refractivity contribution in [1.29, 1.82) is 0 Å². The minimum absolute atomic E-state index is 0.153. The molecule has 1 heterocycles. The topological polar surface area (TPSA) is 35.5 Å². The zero-order valence-electron chi connectivity index (χ0n) is 9.79. The third kappa shape index (κ3) is 3.06.